The Morgan fingerprint density at radius 3 is 2.88 bits per heavy atom. The fourth-order valence-corrected chi connectivity index (χ4v) is 3.95. The molecule has 0 aromatic heterocycles. The van der Waals surface area contributed by atoms with E-state index in [0.717, 1.165) is 6.54 Å². The van der Waals surface area contributed by atoms with Gasteiger partial charge in [0, 0.05) is 24.0 Å². The molecule has 2 aliphatic rings. The van der Waals surface area contributed by atoms with Gasteiger partial charge in [0.25, 0.3) is 0 Å². The highest BCUT2D eigenvalue weighted by molar-refractivity contribution is 7.98. The van der Waals surface area contributed by atoms with Crippen molar-refractivity contribution in [1.82, 2.24) is 15.5 Å². The monoisotopic (exact) mass is 347 g/mol. The summed E-state index contributed by atoms with van der Waals surface area (Å²) in [6.45, 7) is 5.30. The van der Waals surface area contributed by atoms with E-state index in [4.69, 9.17) is 0 Å². The van der Waals surface area contributed by atoms with Gasteiger partial charge in [-0.05, 0) is 36.3 Å². The number of thioether (sulfide) groups is 1. The lowest BCUT2D eigenvalue weighted by molar-refractivity contribution is -0.148. The summed E-state index contributed by atoms with van der Waals surface area (Å²) in [7, 11) is 0. The highest BCUT2D eigenvalue weighted by Crippen LogP contribution is 2.25. The van der Waals surface area contributed by atoms with Crippen LogP contribution in [0.15, 0.2) is 29.2 Å². The average molecular weight is 347 g/mol. The molecule has 24 heavy (non-hydrogen) atoms. The number of benzene rings is 1. The van der Waals surface area contributed by atoms with Gasteiger partial charge in [-0.15, -0.1) is 11.8 Å². The standard InChI is InChI=1S/C18H25N3O2S/c1-11(2)16-18(23)21-10-13(8-15(21)17(22)20-16)19-9-12-5-4-6-14(7-12)24-3/h4-7,11,13,15-16,19H,8-10H2,1-3H3,(H,20,22)/t13-,15-,16-/m0/s1. The van der Waals surface area contributed by atoms with Crippen molar-refractivity contribution in [3.63, 3.8) is 0 Å². The van der Waals surface area contributed by atoms with E-state index in [-0.39, 0.29) is 35.9 Å². The van der Waals surface area contributed by atoms with Crippen LogP contribution in [0.5, 0.6) is 0 Å². The summed E-state index contributed by atoms with van der Waals surface area (Å²) in [4.78, 5) is 27.9. The van der Waals surface area contributed by atoms with E-state index in [1.165, 1.54) is 10.5 Å². The van der Waals surface area contributed by atoms with Gasteiger partial charge in [0.15, 0.2) is 0 Å². The molecule has 0 aliphatic carbocycles. The van der Waals surface area contributed by atoms with Crippen LogP contribution in [0.2, 0.25) is 0 Å². The van der Waals surface area contributed by atoms with Gasteiger partial charge in [-0.25, -0.2) is 0 Å². The lowest BCUT2D eigenvalue weighted by atomic mass is 9.98. The zero-order valence-corrected chi connectivity index (χ0v) is 15.2. The third-order valence-electron chi connectivity index (χ3n) is 4.85. The second-order valence-corrected chi connectivity index (χ2v) is 7.78. The molecule has 2 heterocycles. The van der Waals surface area contributed by atoms with E-state index in [2.05, 4.69) is 41.2 Å². The quantitative estimate of drug-likeness (QED) is 0.795. The summed E-state index contributed by atoms with van der Waals surface area (Å²) in [6.07, 6.45) is 2.75. The fourth-order valence-electron chi connectivity index (χ4n) is 3.46. The predicted molar refractivity (Wildman–Crippen MR) is 95.7 cm³/mol. The van der Waals surface area contributed by atoms with Crippen molar-refractivity contribution in [1.29, 1.82) is 0 Å². The molecule has 0 unspecified atom stereocenters. The van der Waals surface area contributed by atoms with Gasteiger partial charge in [0.1, 0.15) is 12.1 Å². The second-order valence-electron chi connectivity index (χ2n) is 6.90. The Hall–Kier alpha value is -1.53. The average Bonchev–Trinajstić information content (AvgIpc) is 3.01. The fraction of sp³-hybridized carbons (Fsp3) is 0.556. The van der Waals surface area contributed by atoms with E-state index in [1.807, 2.05) is 13.8 Å². The van der Waals surface area contributed by atoms with Crippen LogP contribution in [-0.2, 0) is 16.1 Å². The number of rotatable bonds is 5. The number of carbonyl (C=O) groups is 2. The molecule has 2 saturated heterocycles. The van der Waals surface area contributed by atoms with Crippen LogP contribution in [-0.4, -0.2) is 47.6 Å². The summed E-state index contributed by atoms with van der Waals surface area (Å²) in [5.41, 5.74) is 1.22. The number of amides is 2. The minimum Gasteiger partial charge on any atom is -0.342 e. The van der Waals surface area contributed by atoms with Crippen LogP contribution < -0.4 is 10.6 Å². The lowest BCUT2D eigenvalue weighted by Crippen LogP contribution is -2.62. The molecule has 2 fully saturated rings. The molecule has 0 radical (unpaired) electrons. The van der Waals surface area contributed by atoms with Crippen molar-refractivity contribution in [2.45, 2.75) is 49.8 Å². The molecule has 2 N–H and O–H groups in total. The molecule has 3 rings (SSSR count). The number of hydrogen-bond donors (Lipinski definition) is 2. The summed E-state index contributed by atoms with van der Waals surface area (Å²) in [5, 5.41) is 6.39. The Morgan fingerprint density at radius 1 is 1.38 bits per heavy atom. The summed E-state index contributed by atoms with van der Waals surface area (Å²) in [6, 6.07) is 7.89. The molecule has 1 aromatic carbocycles. The Kier molecular flexibility index (Phi) is 5.15. The van der Waals surface area contributed by atoms with E-state index in [9.17, 15) is 9.59 Å². The van der Waals surface area contributed by atoms with Crippen LogP contribution >= 0.6 is 11.8 Å². The molecular weight excluding hydrogens is 322 g/mol. The first-order chi connectivity index (χ1) is 11.5. The number of fused-ring (bicyclic) bond motifs is 1. The van der Waals surface area contributed by atoms with E-state index in [0.29, 0.717) is 13.0 Å². The van der Waals surface area contributed by atoms with Gasteiger partial charge in [-0.2, -0.15) is 0 Å². The van der Waals surface area contributed by atoms with Crippen LogP contribution in [0.4, 0.5) is 0 Å². The normalized spacial score (nSPS) is 26.7. The SMILES string of the molecule is CSc1cccc(CN[C@H]2C[C@H]3C(=O)N[C@@H](C(C)C)C(=O)N3C2)c1. The molecule has 0 saturated carbocycles. The summed E-state index contributed by atoms with van der Waals surface area (Å²) in [5.74, 6) is 0.161. The first kappa shape index (κ1) is 17.3. The smallest absolute Gasteiger partial charge is 0.246 e. The molecule has 0 spiro atoms. The second kappa shape index (κ2) is 7.15. The molecule has 6 heteroatoms. The number of carbonyl (C=O) groups excluding carboxylic acids is 2. The van der Waals surface area contributed by atoms with Crippen LogP contribution in [0.3, 0.4) is 0 Å². The van der Waals surface area contributed by atoms with Gasteiger partial charge < -0.3 is 15.5 Å². The van der Waals surface area contributed by atoms with Crippen molar-refractivity contribution < 1.29 is 9.59 Å². The maximum Gasteiger partial charge on any atom is 0.246 e. The Balaban J connectivity index is 1.62. The Labute approximate surface area is 147 Å². The Morgan fingerprint density at radius 2 is 2.17 bits per heavy atom. The number of nitrogens with one attached hydrogen (secondary N) is 2. The third kappa shape index (κ3) is 3.44. The maximum atomic E-state index is 12.6. The molecule has 3 atom stereocenters. The first-order valence-electron chi connectivity index (χ1n) is 8.46. The molecule has 1 aromatic rings. The molecule has 2 aliphatic heterocycles. The van der Waals surface area contributed by atoms with Crippen molar-refractivity contribution in [2.24, 2.45) is 5.92 Å². The number of nitrogens with zero attached hydrogens (tertiary/aromatic N) is 1. The van der Waals surface area contributed by atoms with E-state index >= 15 is 0 Å². The highest BCUT2D eigenvalue weighted by atomic mass is 32.2. The largest absolute Gasteiger partial charge is 0.342 e. The zero-order chi connectivity index (χ0) is 17.3. The minimum absolute atomic E-state index is 0.0121. The van der Waals surface area contributed by atoms with Crippen LogP contribution in [0.1, 0.15) is 25.8 Å². The molecule has 5 nitrogen and oxygen atoms in total. The van der Waals surface area contributed by atoms with E-state index < -0.39 is 0 Å². The number of piperazine rings is 1. The molecule has 0 bridgehead atoms. The first-order valence-corrected chi connectivity index (χ1v) is 9.69. The number of hydrogen-bond acceptors (Lipinski definition) is 4. The van der Waals surface area contributed by atoms with Crippen molar-refractivity contribution in [3.8, 4) is 0 Å². The molecule has 2 amide bonds. The van der Waals surface area contributed by atoms with Gasteiger partial charge >= 0.3 is 0 Å². The Bertz CT molecular complexity index is 634. The maximum absolute atomic E-state index is 12.6. The van der Waals surface area contributed by atoms with Gasteiger partial charge in [0.2, 0.25) is 11.8 Å². The third-order valence-corrected chi connectivity index (χ3v) is 5.57. The van der Waals surface area contributed by atoms with Gasteiger partial charge in [-0.3, -0.25) is 9.59 Å². The van der Waals surface area contributed by atoms with Gasteiger partial charge in [0.05, 0.1) is 0 Å². The van der Waals surface area contributed by atoms with Crippen molar-refractivity contribution in [2.75, 3.05) is 12.8 Å². The van der Waals surface area contributed by atoms with Crippen LogP contribution in [0, 0.1) is 5.92 Å². The summed E-state index contributed by atoms with van der Waals surface area (Å²) < 4.78 is 0. The minimum atomic E-state index is -0.384. The summed E-state index contributed by atoms with van der Waals surface area (Å²) >= 11 is 1.73. The van der Waals surface area contributed by atoms with Crippen molar-refractivity contribution >= 4 is 23.6 Å². The van der Waals surface area contributed by atoms with Crippen molar-refractivity contribution in [3.05, 3.63) is 29.8 Å². The predicted octanol–water partition coefficient (Wildman–Crippen LogP) is 1.62. The molecular formula is C18H25N3O2S. The van der Waals surface area contributed by atoms with Crippen LogP contribution in [0.25, 0.3) is 0 Å². The molecule has 130 valence electrons. The highest BCUT2D eigenvalue weighted by Gasteiger charge is 2.46. The van der Waals surface area contributed by atoms with Gasteiger partial charge in [-0.1, -0.05) is 26.0 Å². The van der Waals surface area contributed by atoms with E-state index in [1.54, 1.807) is 16.7 Å². The topological polar surface area (TPSA) is 61.4 Å². The zero-order valence-electron chi connectivity index (χ0n) is 14.4. The lowest BCUT2D eigenvalue weighted by Gasteiger charge is -2.36.